The minimum absolute atomic E-state index is 0.0631. The van der Waals surface area contributed by atoms with E-state index in [0.29, 0.717) is 25.3 Å². The second-order valence-electron chi connectivity index (χ2n) is 6.36. The molecule has 0 aromatic heterocycles. The first-order chi connectivity index (χ1) is 9.85. The molecule has 4 amide bonds. The van der Waals surface area contributed by atoms with E-state index in [1.165, 1.54) is 4.90 Å². The Morgan fingerprint density at radius 3 is 2.62 bits per heavy atom. The molecule has 1 atom stereocenters. The summed E-state index contributed by atoms with van der Waals surface area (Å²) in [5, 5.41) is 5.54. The van der Waals surface area contributed by atoms with Crippen molar-refractivity contribution in [2.24, 2.45) is 11.7 Å². The molecule has 1 unspecified atom stereocenters. The minimum atomic E-state index is -0.851. The van der Waals surface area contributed by atoms with Crippen LogP contribution >= 0.6 is 0 Å². The summed E-state index contributed by atoms with van der Waals surface area (Å²) in [6.07, 6.45) is 3.00. The van der Waals surface area contributed by atoms with Crippen LogP contribution in [0.1, 0.15) is 39.5 Å². The SMILES string of the molecule is CC1(C)NC(=O)N(CCCC(=O)NC(CN)C2CC2)C1=O. The van der Waals surface area contributed by atoms with Crippen LogP contribution in [-0.4, -0.2) is 47.4 Å². The van der Waals surface area contributed by atoms with Crippen molar-refractivity contribution in [2.75, 3.05) is 13.1 Å². The Labute approximate surface area is 124 Å². The maximum Gasteiger partial charge on any atom is 0.325 e. The molecule has 2 fully saturated rings. The Balaban J connectivity index is 1.72. The van der Waals surface area contributed by atoms with Gasteiger partial charge in [0, 0.05) is 25.6 Å². The van der Waals surface area contributed by atoms with Gasteiger partial charge in [-0.1, -0.05) is 0 Å². The molecular weight excluding hydrogens is 272 g/mol. The van der Waals surface area contributed by atoms with Gasteiger partial charge in [-0.25, -0.2) is 4.79 Å². The molecular formula is C14H24N4O3. The van der Waals surface area contributed by atoms with Crippen LogP contribution in [0.15, 0.2) is 0 Å². The molecule has 2 rings (SSSR count). The van der Waals surface area contributed by atoms with Crippen molar-refractivity contribution in [1.29, 1.82) is 0 Å². The lowest BCUT2D eigenvalue weighted by Gasteiger charge is -2.17. The fourth-order valence-corrected chi connectivity index (χ4v) is 2.57. The summed E-state index contributed by atoms with van der Waals surface area (Å²) < 4.78 is 0. The largest absolute Gasteiger partial charge is 0.352 e. The number of rotatable bonds is 7. The Morgan fingerprint density at radius 2 is 2.14 bits per heavy atom. The summed E-state index contributed by atoms with van der Waals surface area (Å²) in [7, 11) is 0. The van der Waals surface area contributed by atoms with Crippen LogP contribution in [-0.2, 0) is 9.59 Å². The highest BCUT2D eigenvalue weighted by atomic mass is 16.2. The number of carbonyl (C=O) groups excluding carboxylic acids is 3. The molecule has 1 saturated carbocycles. The molecule has 0 aromatic carbocycles. The fraction of sp³-hybridized carbons (Fsp3) is 0.786. The lowest BCUT2D eigenvalue weighted by atomic mass is 10.1. The van der Waals surface area contributed by atoms with Gasteiger partial charge >= 0.3 is 6.03 Å². The van der Waals surface area contributed by atoms with E-state index < -0.39 is 5.54 Å². The summed E-state index contributed by atoms with van der Waals surface area (Å²) in [5.74, 6) is 0.208. The van der Waals surface area contributed by atoms with Crippen molar-refractivity contribution < 1.29 is 14.4 Å². The fourth-order valence-electron chi connectivity index (χ4n) is 2.57. The number of hydrogen-bond acceptors (Lipinski definition) is 4. The highest BCUT2D eigenvalue weighted by Crippen LogP contribution is 2.32. The van der Waals surface area contributed by atoms with Gasteiger partial charge in [-0.05, 0) is 39.0 Å². The predicted octanol–water partition coefficient (Wildman–Crippen LogP) is -0.0495. The number of amides is 4. The van der Waals surface area contributed by atoms with Gasteiger partial charge in [0.1, 0.15) is 5.54 Å². The topological polar surface area (TPSA) is 105 Å². The highest BCUT2D eigenvalue weighted by Gasteiger charge is 2.43. The van der Waals surface area contributed by atoms with Gasteiger partial charge in [-0.3, -0.25) is 14.5 Å². The van der Waals surface area contributed by atoms with Crippen molar-refractivity contribution in [3.05, 3.63) is 0 Å². The Morgan fingerprint density at radius 1 is 1.48 bits per heavy atom. The lowest BCUT2D eigenvalue weighted by Crippen LogP contribution is -2.42. The lowest BCUT2D eigenvalue weighted by molar-refractivity contribution is -0.130. The average Bonchev–Trinajstić information content (AvgIpc) is 3.20. The number of carbonyl (C=O) groups is 3. The summed E-state index contributed by atoms with van der Waals surface area (Å²) >= 11 is 0. The van der Waals surface area contributed by atoms with Crippen LogP contribution in [0.4, 0.5) is 4.79 Å². The van der Waals surface area contributed by atoms with Crippen molar-refractivity contribution in [2.45, 2.75) is 51.1 Å². The molecule has 0 bridgehead atoms. The molecule has 4 N–H and O–H groups in total. The standard InChI is InChI=1S/C14H24N4O3/c1-14(2)12(20)18(13(21)17-14)7-3-4-11(19)16-10(8-15)9-5-6-9/h9-10H,3-8,15H2,1-2H3,(H,16,19)(H,17,21). The minimum Gasteiger partial charge on any atom is -0.352 e. The van der Waals surface area contributed by atoms with E-state index in [2.05, 4.69) is 10.6 Å². The third-order valence-corrected chi connectivity index (χ3v) is 4.02. The van der Waals surface area contributed by atoms with Crippen LogP contribution in [0.25, 0.3) is 0 Å². The van der Waals surface area contributed by atoms with Crippen molar-refractivity contribution in [3.8, 4) is 0 Å². The number of hydrogen-bond donors (Lipinski definition) is 3. The van der Waals surface area contributed by atoms with E-state index in [1.54, 1.807) is 13.8 Å². The van der Waals surface area contributed by atoms with Gasteiger partial charge in [-0.2, -0.15) is 0 Å². The van der Waals surface area contributed by atoms with E-state index in [1.807, 2.05) is 0 Å². The third kappa shape index (κ3) is 3.72. The second-order valence-corrected chi connectivity index (χ2v) is 6.36. The maximum absolute atomic E-state index is 12.0. The zero-order valence-electron chi connectivity index (χ0n) is 12.6. The van der Waals surface area contributed by atoms with Crippen molar-refractivity contribution >= 4 is 17.8 Å². The number of nitrogens with zero attached hydrogens (tertiary/aromatic N) is 1. The maximum atomic E-state index is 12.0. The van der Waals surface area contributed by atoms with Gasteiger partial charge < -0.3 is 16.4 Å². The third-order valence-electron chi connectivity index (χ3n) is 4.02. The molecule has 0 radical (unpaired) electrons. The number of nitrogens with two attached hydrogens (primary N) is 1. The molecule has 1 aliphatic heterocycles. The normalized spacial score (nSPS) is 22.1. The zero-order valence-corrected chi connectivity index (χ0v) is 12.6. The van der Waals surface area contributed by atoms with E-state index in [-0.39, 0.29) is 30.4 Å². The molecule has 2 aliphatic rings. The Kier molecular flexibility index (Phi) is 4.51. The first kappa shape index (κ1) is 15.8. The van der Waals surface area contributed by atoms with Crippen molar-refractivity contribution in [3.63, 3.8) is 0 Å². The van der Waals surface area contributed by atoms with Gasteiger partial charge in [0.05, 0.1) is 0 Å². The van der Waals surface area contributed by atoms with E-state index in [0.717, 1.165) is 12.8 Å². The van der Waals surface area contributed by atoms with E-state index in [9.17, 15) is 14.4 Å². The summed E-state index contributed by atoms with van der Waals surface area (Å²) in [5.41, 5.74) is 4.78. The van der Waals surface area contributed by atoms with E-state index >= 15 is 0 Å². The van der Waals surface area contributed by atoms with Crippen LogP contribution in [0.2, 0.25) is 0 Å². The van der Waals surface area contributed by atoms with Gasteiger partial charge in [0.15, 0.2) is 0 Å². The monoisotopic (exact) mass is 296 g/mol. The first-order valence-electron chi connectivity index (χ1n) is 7.48. The molecule has 0 aromatic rings. The Hall–Kier alpha value is -1.63. The van der Waals surface area contributed by atoms with Crippen LogP contribution in [0, 0.1) is 5.92 Å². The smallest absolute Gasteiger partial charge is 0.325 e. The highest BCUT2D eigenvalue weighted by molar-refractivity contribution is 6.06. The van der Waals surface area contributed by atoms with Crippen LogP contribution < -0.4 is 16.4 Å². The molecule has 0 spiro atoms. The molecule has 1 saturated heterocycles. The van der Waals surface area contributed by atoms with Crippen LogP contribution in [0.3, 0.4) is 0 Å². The van der Waals surface area contributed by atoms with Crippen LogP contribution in [0.5, 0.6) is 0 Å². The molecule has 21 heavy (non-hydrogen) atoms. The average molecular weight is 296 g/mol. The number of nitrogens with one attached hydrogen (secondary N) is 2. The van der Waals surface area contributed by atoms with Gasteiger partial charge in [0.25, 0.3) is 5.91 Å². The zero-order chi connectivity index (χ0) is 15.6. The predicted molar refractivity (Wildman–Crippen MR) is 77.3 cm³/mol. The van der Waals surface area contributed by atoms with Gasteiger partial charge in [-0.15, -0.1) is 0 Å². The number of imide groups is 1. The summed E-state index contributed by atoms with van der Waals surface area (Å²) in [6.45, 7) is 4.05. The van der Waals surface area contributed by atoms with E-state index in [4.69, 9.17) is 5.73 Å². The Bertz CT molecular complexity index is 446. The quantitative estimate of drug-likeness (QED) is 0.573. The first-order valence-corrected chi connectivity index (χ1v) is 7.48. The van der Waals surface area contributed by atoms with Gasteiger partial charge in [0.2, 0.25) is 5.91 Å². The number of urea groups is 1. The molecule has 1 aliphatic carbocycles. The molecule has 1 heterocycles. The van der Waals surface area contributed by atoms with Crippen molar-refractivity contribution in [1.82, 2.24) is 15.5 Å². The summed E-state index contributed by atoms with van der Waals surface area (Å²) in [6, 6.07) is -0.323. The second kappa shape index (κ2) is 6.01. The molecule has 7 nitrogen and oxygen atoms in total. The molecule has 118 valence electrons. The molecule has 7 heteroatoms. The summed E-state index contributed by atoms with van der Waals surface area (Å²) in [4.78, 5) is 36.6.